The summed E-state index contributed by atoms with van der Waals surface area (Å²) in [7, 11) is 2.13. The molecule has 2 rings (SSSR count). The number of hydrogen-bond acceptors (Lipinski definition) is 4. The van der Waals surface area contributed by atoms with Crippen molar-refractivity contribution in [2.45, 2.75) is 32.6 Å². The Balaban J connectivity index is 1.63. The average molecular weight is 384 g/mol. The molecule has 0 aliphatic rings. The van der Waals surface area contributed by atoms with Gasteiger partial charge in [0, 0.05) is 29.7 Å². The molecule has 4 heteroatoms. The zero-order chi connectivity index (χ0) is 19.5. The molecule has 0 spiro atoms. The molecule has 27 heavy (non-hydrogen) atoms. The van der Waals surface area contributed by atoms with Gasteiger partial charge < -0.3 is 9.64 Å². The predicted molar refractivity (Wildman–Crippen MR) is 117 cm³/mol. The summed E-state index contributed by atoms with van der Waals surface area (Å²) in [6.45, 7) is 6.76. The van der Waals surface area contributed by atoms with Crippen LogP contribution in [0.1, 0.15) is 43.0 Å². The number of carbonyl (C=O) groups is 1. The van der Waals surface area contributed by atoms with E-state index in [0.29, 0.717) is 12.2 Å². The fourth-order valence-corrected chi connectivity index (χ4v) is 3.24. The summed E-state index contributed by atoms with van der Waals surface area (Å²) < 4.78 is 5.10. The van der Waals surface area contributed by atoms with Gasteiger partial charge in [-0.2, -0.15) is 0 Å². The number of rotatable bonds is 11. The maximum absolute atomic E-state index is 11.3. The first kappa shape index (κ1) is 21.0. The Bertz CT molecular complexity index is 732. The molecule has 0 aliphatic heterocycles. The van der Waals surface area contributed by atoms with Gasteiger partial charge in [-0.25, -0.2) is 4.79 Å². The second-order valence-electron chi connectivity index (χ2n) is 6.69. The maximum atomic E-state index is 11.3. The van der Waals surface area contributed by atoms with Crippen molar-refractivity contribution in [2.75, 3.05) is 25.1 Å². The summed E-state index contributed by atoms with van der Waals surface area (Å²) in [5.74, 6) is -0.289. The van der Waals surface area contributed by atoms with Gasteiger partial charge in [0.05, 0.1) is 6.61 Å². The van der Waals surface area contributed by atoms with Crippen molar-refractivity contribution >= 4 is 35.1 Å². The summed E-state index contributed by atoms with van der Waals surface area (Å²) in [6.07, 6.45) is 8.55. The van der Waals surface area contributed by atoms with E-state index < -0.39 is 0 Å². The van der Waals surface area contributed by atoms with Crippen molar-refractivity contribution in [2.24, 2.45) is 0 Å². The Morgan fingerprint density at radius 2 is 1.85 bits per heavy atom. The van der Waals surface area contributed by atoms with Crippen LogP contribution in [0.25, 0.3) is 12.2 Å². The van der Waals surface area contributed by atoms with Crippen molar-refractivity contribution in [3.63, 3.8) is 0 Å². The molecule has 0 radical (unpaired) electrons. The maximum Gasteiger partial charge on any atom is 0.333 e. The fourth-order valence-electron chi connectivity index (χ4n) is 2.63. The lowest BCUT2D eigenvalue weighted by atomic mass is 10.1. The summed E-state index contributed by atoms with van der Waals surface area (Å²) in [6, 6.07) is 12.8. The van der Waals surface area contributed by atoms with Crippen LogP contribution in [0.15, 0.2) is 53.9 Å². The molecule has 1 heterocycles. The van der Waals surface area contributed by atoms with E-state index in [1.165, 1.54) is 16.1 Å². The van der Waals surface area contributed by atoms with Crippen molar-refractivity contribution in [1.82, 2.24) is 0 Å². The molecule has 0 unspecified atom stereocenters. The number of anilines is 1. The lowest BCUT2D eigenvalue weighted by Gasteiger charge is -2.19. The van der Waals surface area contributed by atoms with E-state index in [1.54, 1.807) is 18.3 Å². The molecule has 0 bridgehead atoms. The molecule has 0 atom stereocenters. The number of benzene rings is 1. The molecule has 0 saturated carbocycles. The van der Waals surface area contributed by atoms with E-state index in [0.717, 1.165) is 32.2 Å². The van der Waals surface area contributed by atoms with Gasteiger partial charge in [-0.15, -0.1) is 11.3 Å². The first-order valence-corrected chi connectivity index (χ1v) is 10.3. The lowest BCUT2D eigenvalue weighted by molar-refractivity contribution is -0.139. The van der Waals surface area contributed by atoms with Gasteiger partial charge in [-0.05, 0) is 61.4 Å². The lowest BCUT2D eigenvalue weighted by Crippen LogP contribution is -2.18. The van der Waals surface area contributed by atoms with E-state index in [9.17, 15) is 4.79 Å². The summed E-state index contributed by atoms with van der Waals surface area (Å²) >= 11 is 1.75. The third kappa shape index (κ3) is 7.83. The van der Waals surface area contributed by atoms with E-state index in [-0.39, 0.29) is 5.97 Å². The highest BCUT2D eigenvalue weighted by Gasteiger charge is 2.03. The van der Waals surface area contributed by atoms with Crippen molar-refractivity contribution in [1.29, 1.82) is 0 Å². The second-order valence-corrected chi connectivity index (χ2v) is 7.67. The summed E-state index contributed by atoms with van der Waals surface area (Å²) in [5.41, 5.74) is 2.91. The number of thiophene rings is 1. The highest BCUT2D eigenvalue weighted by atomic mass is 32.1. The minimum absolute atomic E-state index is 0.289. The van der Waals surface area contributed by atoms with Gasteiger partial charge >= 0.3 is 5.97 Å². The van der Waals surface area contributed by atoms with Gasteiger partial charge in [-0.1, -0.05) is 37.3 Å². The zero-order valence-electron chi connectivity index (χ0n) is 16.3. The highest BCUT2D eigenvalue weighted by Crippen LogP contribution is 2.18. The van der Waals surface area contributed by atoms with Crippen LogP contribution in [0.2, 0.25) is 0 Å². The van der Waals surface area contributed by atoms with Crippen LogP contribution < -0.4 is 4.90 Å². The number of ether oxygens (including phenoxy) is 1. The van der Waals surface area contributed by atoms with E-state index in [1.807, 2.05) is 0 Å². The van der Waals surface area contributed by atoms with Crippen LogP contribution in [0, 0.1) is 0 Å². The monoisotopic (exact) mass is 383 g/mol. The Morgan fingerprint density at radius 3 is 2.52 bits per heavy atom. The smallest absolute Gasteiger partial charge is 0.333 e. The van der Waals surface area contributed by atoms with Gasteiger partial charge in [-0.3, -0.25) is 0 Å². The molecular weight excluding hydrogens is 354 g/mol. The normalized spacial score (nSPS) is 10.9. The van der Waals surface area contributed by atoms with Crippen molar-refractivity contribution < 1.29 is 9.53 Å². The van der Waals surface area contributed by atoms with E-state index in [2.05, 4.69) is 72.5 Å². The van der Waals surface area contributed by atoms with Gasteiger partial charge in [0.1, 0.15) is 0 Å². The first-order chi connectivity index (χ1) is 13.1. The van der Waals surface area contributed by atoms with Crippen LogP contribution in [0.4, 0.5) is 5.69 Å². The van der Waals surface area contributed by atoms with E-state index in [4.69, 9.17) is 4.74 Å². The van der Waals surface area contributed by atoms with Gasteiger partial charge in [0.15, 0.2) is 0 Å². The minimum Gasteiger partial charge on any atom is -0.462 e. The number of hydrogen-bond donors (Lipinski definition) is 0. The second kappa shape index (κ2) is 11.4. The SMILES string of the molecule is C=C(C)C(=O)OCCCCCCN(C)c1ccc(/C=C/c2cccs2)cc1. The number of carbonyl (C=O) groups excluding carboxylic acids is 1. The molecule has 1 aromatic heterocycles. The molecule has 0 amide bonds. The Hall–Kier alpha value is -2.33. The average Bonchev–Trinajstić information content (AvgIpc) is 3.19. The Morgan fingerprint density at radius 1 is 1.11 bits per heavy atom. The standard InChI is InChI=1S/C23H29NO2S/c1-19(2)23(25)26-17-7-5-4-6-16-24(3)21-13-10-20(11-14-21)12-15-22-9-8-18-27-22/h8-15,18H,1,4-7,16-17H2,2-3H3/b15-12+. The molecule has 3 nitrogen and oxygen atoms in total. The first-order valence-electron chi connectivity index (χ1n) is 9.41. The van der Waals surface area contributed by atoms with Crippen molar-refractivity contribution in [3.8, 4) is 0 Å². The van der Waals surface area contributed by atoms with Crippen LogP contribution in [0.5, 0.6) is 0 Å². The van der Waals surface area contributed by atoms with Crippen LogP contribution in [-0.2, 0) is 9.53 Å². The number of unbranched alkanes of at least 4 members (excludes halogenated alkanes) is 3. The third-order valence-electron chi connectivity index (χ3n) is 4.29. The number of esters is 1. The number of nitrogens with zero attached hydrogens (tertiary/aromatic N) is 1. The highest BCUT2D eigenvalue weighted by molar-refractivity contribution is 7.10. The molecule has 0 saturated heterocycles. The van der Waals surface area contributed by atoms with Gasteiger partial charge in [0.2, 0.25) is 0 Å². The van der Waals surface area contributed by atoms with Crippen molar-refractivity contribution in [3.05, 3.63) is 64.4 Å². The van der Waals surface area contributed by atoms with Crippen LogP contribution in [0.3, 0.4) is 0 Å². The fraction of sp³-hybridized carbons (Fsp3) is 0.348. The molecule has 0 aliphatic carbocycles. The molecule has 144 valence electrons. The van der Waals surface area contributed by atoms with Crippen LogP contribution in [-0.4, -0.2) is 26.2 Å². The zero-order valence-corrected chi connectivity index (χ0v) is 17.1. The quantitative estimate of drug-likeness (QED) is 0.269. The Kier molecular flexibility index (Phi) is 8.85. The predicted octanol–water partition coefficient (Wildman–Crippen LogP) is 6.03. The van der Waals surface area contributed by atoms with Crippen LogP contribution >= 0.6 is 11.3 Å². The topological polar surface area (TPSA) is 29.5 Å². The minimum atomic E-state index is -0.289. The molecular formula is C23H29NO2S. The van der Waals surface area contributed by atoms with Gasteiger partial charge in [0.25, 0.3) is 0 Å². The summed E-state index contributed by atoms with van der Waals surface area (Å²) in [5, 5.41) is 2.09. The molecule has 2 aromatic rings. The summed E-state index contributed by atoms with van der Waals surface area (Å²) in [4.78, 5) is 14.8. The molecule has 0 N–H and O–H groups in total. The third-order valence-corrected chi connectivity index (χ3v) is 5.12. The Labute approximate surface area is 167 Å². The van der Waals surface area contributed by atoms with E-state index >= 15 is 0 Å². The molecule has 1 aromatic carbocycles. The molecule has 0 fully saturated rings. The largest absolute Gasteiger partial charge is 0.462 e.